The number of ether oxygens (including phenoxy) is 1. The number of imide groups is 1. The first-order valence-electron chi connectivity index (χ1n) is 7.77. The SMILES string of the molecule is O=C(CNS(=O)(=O)c1cc(C(F)(F)F)ccc1Cl)OCC(=O)N1CCCC1=O. The maximum absolute atomic E-state index is 12.7. The Morgan fingerprint density at radius 1 is 1.29 bits per heavy atom. The van der Waals surface area contributed by atoms with Gasteiger partial charge in [0.2, 0.25) is 15.9 Å². The van der Waals surface area contributed by atoms with E-state index in [2.05, 4.69) is 4.74 Å². The molecule has 0 saturated carbocycles. The summed E-state index contributed by atoms with van der Waals surface area (Å²) in [6.45, 7) is -1.51. The average Bonchev–Trinajstić information content (AvgIpc) is 3.03. The van der Waals surface area contributed by atoms with Crippen molar-refractivity contribution < 1.29 is 40.7 Å². The highest BCUT2D eigenvalue weighted by Crippen LogP contribution is 2.33. The molecule has 154 valence electrons. The van der Waals surface area contributed by atoms with Crippen LogP contribution in [-0.2, 0) is 35.3 Å². The van der Waals surface area contributed by atoms with Crippen molar-refractivity contribution in [3.8, 4) is 0 Å². The summed E-state index contributed by atoms with van der Waals surface area (Å²) in [7, 11) is -4.56. The monoisotopic (exact) mass is 442 g/mol. The summed E-state index contributed by atoms with van der Waals surface area (Å²) in [5.41, 5.74) is -1.24. The zero-order chi connectivity index (χ0) is 21.1. The first-order valence-corrected chi connectivity index (χ1v) is 9.63. The molecule has 1 N–H and O–H groups in total. The standard InChI is InChI=1S/C15H14ClF3N2O6S/c16-10-4-3-9(15(17,18)19)6-11(10)28(25,26)20-7-14(24)27-8-13(23)21-5-1-2-12(21)22/h3-4,6,20H,1-2,5,7-8H2. The van der Waals surface area contributed by atoms with Gasteiger partial charge in [0.15, 0.2) is 6.61 Å². The summed E-state index contributed by atoms with van der Waals surface area (Å²) in [6, 6.07) is 1.71. The number of rotatable bonds is 6. The van der Waals surface area contributed by atoms with Gasteiger partial charge in [-0.25, -0.2) is 8.42 Å². The van der Waals surface area contributed by atoms with Crippen molar-refractivity contribution in [2.75, 3.05) is 19.7 Å². The van der Waals surface area contributed by atoms with Crippen LogP contribution in [0.2, 0.25) is 5.02 Å². The third-order valence-electron chi connectivity index (χ3n) is 3.69. The van der Waals surface area contributed by atoms with Gasteiger partial charge in [0.1, 0.15) is 11.4 Å². The van der Waals surface area contributed by atoms with Crippen LogP contribution in [-0.4, -0.2) is 50.8 Å². The number of halogens is 4. The van der Waals surface area contributed by atoms with Gasteiger partial charge in [-0.1, -0.05) is 11.6 Å². The zero-order valence-corrected chi connectivity index (χ0v) is 15.7. The van der Waals surface area contributed by atoms with Crippen LogP contribution < -0.4 is 4.72 Å². The number of hydrogen-bond donors (Lipinski definition) is 1. The summed E-state index contributed by atoms with van der Waals surface area (Å²) in [5, 5.41) is -0.475. The van der Waals surface area contributed by atoms with Crippen molar-refractivity contribution in [1.82, 2.24) is 9.62 Å². The van der Waals surface area contributed by atoms with E-state index in [1.807, 2.05) is 0 Å². The van der Waals surface area contributed by atoms with E-state index in [4.69, 9.17) is 11.6 Å². The molecular weight excluding hydrogens is 429 g/mol. The topological polar surface area (TPSA) is 110 Å². The second-order valence-corrected chi connectivity index (χ2v) is 7.81. The maximum atomic E-state index is 12.7. The molecule has 1 aliphatic rings. The Morgan fingerprint density at radius 3 is 2.54 bits per heavy atom. The summed E-state index contributed by atoms with van der Waals surface area (Å²) in [6.07, 6.45) is -4.09. The molecule has 1 aromatic carbocycles. The summed E-state index contributed by atoms with van der Waals surface area (Å²) in [5.74, 6) is -2.31. The summed E-state index contributed by atoms with van der Waals surface area (Å²) >= 11 is 5.65. The lowest BCUT2D eigenvalue weighted by Crippen LogP contribution is -2.37. The van der Waals surface area contributed by atoms with Crippen LogP contribution in [0.3, 0.4) is 0 Å². The van der Waals surface area contributed by atoms with E-state index in [1.54, 1.807) is 4.72 Å². The summed E-state index contributed by atoms with van der Waals surface area (Å²) < 4.78 is 68.8. The van der Waals surface area contributed by atoms with Gasteiger partial charge in [-0.3, -0.25) is 19.3 Å². The molecule has 0 bridgehead atoms. The van der Waals surface area contributed by atoms with Crippen LogP contribution >= 0.6 is 11.6 Å². The minimum absolute atomic E-state index is 0.204. The lowest BCUT2D eigenvalue weighted by atomic mass is 10.2. The molecule has 2 amide bonds. The number of esters is 1. The van der Waals surface area contributed by atoms with Crippen LogP contribution in [0.4, 0.5) is 13.2 Å². The number of sulfonamides is 1. The van der Waals surface area contributed by atoms with Crippen molar-refractivity contribution >= 4 is 39.4 Å². The first-order chi connectivity index (χ1) is 12.9. The minimum atomic E-state index is -4.79. The van der Waals surface area contributed by atoms with Gasteiger partial charge in [-0.2, -0.15) is 17.9 Å². The van der Waals surface area contributed by atoms with Gasteiger partial charge in [0.25, 0.3) is 5.91 Å². The number of nitrogens with zero attached hydrogens (tertiary/aromatic N) is 1. The molecule has 28 heavy (non-hydrogen) atoms. The number of likely N-dealkylation sites (tertiary alicyclic amines) is 1. The van der Waals surface area contributed by atoms with Crippen LogP contribution in [0.5, 0.6) is 0 Å². The molecule has 0 spiro atoms. The Balaban J connectivity index is 1.96. The molecule has 2 rings (SSSR count). The largest absolute Gasteiger partial charge is 0.455 e. The number of alkyl halides is 3. The van der Waals surface area contributed by atoms with E-state index >= 15 is 0 Å². The molecule has 1 fully saturated rings. The molecule has 0 atom stereocenters. The molecule has 0 aromatic heterocycles. The third-order valence-corrected chi connectivity index (χ3v) is 5.57. The van der Waals surface area contributed by atoms with Crippen molar-refractivity contribution in [1.29, 1.82) is 0 Å². The number of benzene rings is 1. The predicted molar refractivity (Wildman–Crippen MR) is 88.6 cm³/mol. The molecule has 0 radical (unpaired) electrons. The highest BCUT2D eigenvalue weighted by Gasteiger charge is 2.33. The number of hydrogen-bond acceptors (Lipinski definition) is 6. The smallest absolute Gasteiger partial charge is 0.416 e. The fourth-order valence-corrected chi connectivity index (χ4v) is 3.79. The van der Waals surface area contributed by atoms with Crippen molar-refractivity contribution in [2.24, 2.45) is 0 Å². The molecule has 0 unspecified atom stereocenters. The van der Waals surface area contributed by atoms with E-state index in [1.165, 1.54) is 0 Å². The third kappa shape index (κ3) is 5.42. The van der Waals surface area contributed by atoms with E-state index in [0.29, 0.717) is 18.6 Å². The fraction of sp³-hybridized carbons (Fsp3) is 0.400. The lowest BCUT2D eigenvalue weighted by Gasteiger charge is -2.14. The second-order valence-electron chi connectivity index (χ2n) is 5.67. The predicted octanol–water partition coefficient (Wildman–Crippen LogP) is 1.33. The van der Waals surface area contributed by atoms with Crippen molar-refractivity contribution in [2.45, 2.75) is 23.9 Å². The van der Waals surface area contributed by atoms with E-state index in [0.717, 1.165) is 11.0 Å². The number of amides is 2. The Kier molecular flexibility index (Phi) is 6.67. The highest BCUT2D eigenvalue weighted by atomic mass is 35.5. The number of nitrogens with one attached hydrogen (secondary N) is 1. The molecular formula is C15H14ClF3N2O6S. The van der Waals surface area contributed by atoms with Crippen LogP contribution in [0.25, 0.3) is 0 Å². The molecule has 1 saturated heterocycles. The molecule has 1 heterocycles. The molecule has 13 heteroatoms. The summed E-state index contributed by atoms with van der Waals surface area (Å²) in [4.78, 5) is 34.8. The van der Waals surface area contributed by atoms with Crippen LogP contribution in [0.15, 0.2) is 23.1 Å². The van der Waals surface area contributed by atoms with E-state index < -0.39 is 62.6 Å². The number of carbonyl (C=O) groups is 3. The van der Waals surface area contributed by atoms with Crippen molar-refractivity contribution in [3.63, 3.8) is 0 Å². The lowest BCUT2D eigenvalue weighted by molar-refractivity contribution is -0.153. The highest BCUT2D eigenvalue weighted by molar-refractivity contribution is 7.89. The Hall–Kier alpha value is -2.18. The van der Waals surface area contributed by atoms with E-state index in [-0.39, 0.29) is 13.0 Å². The van der Waals surface area contributed by atoms with Crippen LogP contribution in [0, 0.1) is 0 Å². The molecule has 1 aliphatic heterocycles. The normalized spacial score (nSPS) is 15.0. The van der Waals surface area contributed by atoms with Gasteiger partial charge in [-0.15, -0.1) is 0 Å². The Morgan fingerprint density at radius 2 is 1.96 bits per heavy atom. The minimum Gasteiger partial charge on any atom is -0.455 e. The van der Waals surface area contributed by atoms with Gasteiger partial charge in [0, 0.05) is 13.0 Å². The molecule has 1 aromatic rings. The Bertz CT molecular complexity index is 904. The second kappa shape index (κ2) is 8.45. The first kappa shape index (κ1) is 22.1. The van der Waals surface area contributed by atoms with Crippen molar-refractivity contribution in [3.05, 3.63) is 28.8 Å². The molecule has 8 nitrogen and oxygen atoms in total. The quantitative estimate of drug-likeness (QED) is 0.665. The zero-order valence-electron chi connectivity index (χ0n) is 14.1. The van der Waals surface area contributed by atoms with Crippen LogP contribution in [0.1, 0.15) is 18.4 Å². The number of carbonyl (C=O) groups excluding carboxylic acids is 3. The van der Waals surface area contributed by atoms with Gasteiger partial charge < -0.3 is 4.74 Å². The molecule has 0 aliphatic carbocycles. The van der Waals surface area contributed by atoms with Gasteiger partial charge in [0.05, 0.1) is 10.6 Å². The average molecular weight is 443 g/mol. The van der Waals surface area contributed by atoms with Gasteiger partial charge >= 0.3 is 12.1 Å². The Labute approximate surface area is 162 Å². The fourth-order valence-electron chi connectivity index (χ4n) is 2.30. The van der Waals surface area contributed by atoms with Gasteiger partial charge in [-0.05, 0) is 24.6 Å². The van der Waals surface area contributed by atoms with E-state index in [9.17, 15) is 36.0 Å². The maximum Gasteiger partial charge on any atom is 0.416 e.